The Hall–Kier alpha value is -2.44. The molecule has 26 heavy (non-hydrogen) atoms. The van der Waals surface area contributed by atoms with Gasteiger partial charge in [-0.1, -0.05) is 30.3 Å². The third kappa shape index (κ3) is 3.57. The highest BCUT2D eigenvalue weighted by Crippen LogP contribution is 2.26. The highest BCUT2D eigenvalue weighted by molar-refractivity contribution is 5.64. The smallest absolute Gasteiger partial charge is 0.0955 e. The molecule has 0 atom stereocenters. The second-order valence-corrected chi connectivity index (χ2v) is 6.74. The van der Waals surface area contributed by atoms with Crippen molar-refractivity contribution < 1.29 is 4.74 Å². The maximum atomic E-state index is 5.19. The van der Waals surface area contributed by atoms with Crippen molar-refractivity contribution in [1.29, 1.82) is 0 Å². The molecule has 0 unspecified atom stereocenters. The molecule has 136 valence electrons. The van der Waals surface area contributed by atoms with Gasteiger partial charge in [-0.25, -0.2) is 4.98 Å². The molecule has 0 saturated heterocycles. The quantitative estimate of drug-likeness (QED) is 0.741. The number of rotatable bonds is 6. The van der Waals surface area contributed by atoms with E-state index in [1.165, 1.54) is 22.5 Å². The predicted molar refractivity (Wildman–Crippen MR) is 101 cm³/mol. The minimum Gasteiger partial charge on any atom is -0.383 e. The zero-order chi connectivity index (χ0) is 17.8. The van der Waals surface area contributed by atoms with Gasteiger partial charge in [0.25, 0.3) is 0 Å². The van der Waals surface area contributed by atoms with Crippen molar-refractivity contribution >= 4 is 0 Å². The van der Waals surface area contributed by atoms with E-state index in [2.05, 4.69) is 48.9 Å². The van der Waals surface area contributed by atoms with Crippen LogP contribution in [0, 0.1) is 0 Å². The molecule has 1 N–H and O–H groups in total. The van der Waals surface area contributed by atoms with Crippen molar-refractivity contribution in [2.24, 2.45) is 0 Å². The van der Waals surface area contributed by atoms with Gasteiger partial charge >= 0.3 is 0 Å². The van der Waals surface area contributed by atoms with Crippen LogP contribution in [0.5, 0.6) is 0 Å². The van der Waals surface area contributed by atoms with Crippen LogP contribution in [0.15, 0.2) is 42.9 Å². The molecule has 0 bridgehead atoms. The molecule has 3 heterocycles. The molecule has 1 aromatic carbocycles. The number of nitrogens with one attached hydrogen (secondary N) is 1. The number of methoxy groups -OCH3 is 1. The van der Waals surface area contributed by atoms with E-state index in [1.807, 2.05) is 18.6 Å². The number of aromatic amines is 1. The van der Waals surface area contributed by atoms with E-state index < -0.39 is 0 Å². The third-order valence-corrected chi connectivity index (χ3v) is 5.08. The predicted octanol–water partition coefficient (Wildman–Crippen LogP) is 2.52. The van der Waals surface area contributed by atoms with Gasteiger partial charge < -0.3 is 9.30 Å². The molecule has 3 aromatic rings. The Bertz CT molecular complexity index is 839. The summed E-state index contributed by atoms with van der Waals surface area (Å²) >= 11 is 0. The van der Waals surface area contributed by atoms with E-state index in [-0.39, 0.29) is 0 Å². The van der Waals surface area contributed by atoms with Crippen molar-refractivity contribution in [1.82, 2.24) is 24.6 Å². The van der Waals surface area contributed by atoms with Crippen LogP contribution >= 0.6 is 0 Å². The monoisotopic (exact) mass is 351 g/mol. The Morgan fingerprint density at radius 3 is 2.85 bits per heavy atom. The summed E-state index contributed by atoms with van der Waals surface area (Å²) in [5, 5.41) is 7.86. The minimum absolute atomic E-state index is 0.708. The fourth-order valence-electron chi connectivity index (χ4n) is 3.62. The lowest BCUT2D eigenvalue weighted by Gasteiger charge is -2.20. The molecular weight excluding hydrogens is 326 g/mol. The molecule has 1 aliphatic rings. The molecule has 6 heteroatoms. The van der Waals surface area contributed by atoms with E-state index >= 15 is 0 Å². The van der Waals surface area contributed by atoms with Gasteiger partial charge in [-0.05, 0) is 6.42 Å². The van der Waals surface area contributed by atoms with Gasteiger partial charge in [0.1, 0.15) is 0 Å². The van der Waals surface area contributed by atoms with Crippen LogP contribution in [0.3, 0.4) is 0 Å². The second kappa shape index (κ2) is 7.85. The summed E-state index contributed by atoms with van der Waals surface area (Å²) in [5.41, 5.74) is 6.18. The largest absolute Gasteiger partial charge is 0.383 e. The minimum atomic E-state index is 0.708. The average molecular weight is 351 g/mol. The first kappa shape index (κ1) is 17.0. The molecular formula is C20H25N5O. The molecule has 4 rings (SSSR count). The number of nitrogens with zero attached hydrogens (tertiary/aromatic N) is 4. The molecule has 0 radical (unpaired) electrons. The lowest BCUT2D eigenvalue weighted by Crippen LogP contribution is -2.27. The molecule has 6 nitrogen and oxygen atoms in total. The summed E-state index contributed by atoms with van der Waals surface area (Å²) in [6.45, 7) is 4.53. The molecule has 0 amide bonds. The lowest BCUT2D eigenvalue weighted by atomic mass is 10.0. The van der Waals surface area contributed by atoms with Crippen molar-refractivity contribution in [3.63, 3.8) is 0 Å². The van der Waals surface area contributed by atoms with Crippen LogP contribution < -0.4 is 0 Å². The Balaban J connectivity index is 1.46. The summed E-state index contributed by atoms with van der Waals surface area (Å²) in [6, 6.07) is 10.4. The summed E-state index contributed by atoms with van der Waals surface area (Å²) in [5.74, 6) is 0. The van der Waals surface area contributed by atoms with E-state index in [1.54, 1.807) is 7.11 Å². The Morgan fingerprint density at radius 2 is 2.00 bits per heavy atom. The van der Waals surface area contributed by atoms with Crippen LogP contribution in [-0.2, 0) is 30.7 Å². The zero-order valence-electron chi connectivity index (χ0n) is 15.2. The Labute approximate surface area is 153 Å². The standard InChI is InChI=1S/C20H25N5O/c1-26-12-11-25-15-21-13-17(25)14-24-9-7-18-19(8-10-24)22-23-20(18)16-5-3-2-4-6-16/h2-6,13,15H,7-12,14H2,1H3,(H,22,23). The number of aromatic nitrogens is 4. The third-order valence-electron chi connectivity index (χ3n) is 5.08. The maximum Gasteiger partial charge on any atom is 0.0955 e. The van der Waals surface area contributed by atoms with E-state index in [4.69, 9.17) is 4.74 Å². The number of imidazole rings is 1. The van der Waals surface area contributed by atoms with Crippen molar-refractivity contribution in [2.75, 3.05) is 26.8 Å². The molecule has 0 spiro atoms. The Morgan fingerprint density at radius 1 is 1.15 bits per heavy atom. The van der Waals surface area contributed by atoms with Crippen molar-refractivity contribution in [2.45, 2.75) is 25.9 Å². The van der Waals surface area contributed by atoms with Gasteiger partial charge in [-0.2, -0.15) is 5.10 Å². The Kier molecular flexibility index (Phi) is 5.13. The van der Waals surface area contributed by atoms with Crippen LogP contribution in [0.4, 0.5) is 0 Å². The number of hydrogen-bond acceptors (Lipinski definition) is 4. The average Bonchev–Trinajstić information content (AvgIpc) is 3.24. The number of H-pyrrole nitrogens is 1. The molecule has 2 aromatic heterocycles. The summed E-state index contributed by atoms with van der Waals surface area (Å²) in [4.78, 5) is 6.81. The van der Waals surface area contributed by atoms with E-state index in [0.29, 0.717) is 6.61 Å². The first-order chi connectivity index (χ1) is 12.8. The molecule has 0 aliphatic carbocycles. The van der Waals surface area contributed by atoms with Crippen LogP contribution in [0.2, 0.25) is 0 Å². The van der Waals surface area contributed by atoms with Gasteiger partial charge in [0.15, 0.2) is 0 Å². The second-order valence-electron chi connectivity index (χ2n) is 6.74. The first-order valence-electron chi connectivity index (χ1n) is 9.17. The molecule has 0 fully saturated rings. The van der Waals surface area contributed by atoms with Crippen LogP contribution in [0.1, 0.15) is 17.0 Å². The fourth-order valence-corrected chi connectivity index (χ4v) is 3.62. The van der Waals surface area contributed by atoms with E-state index in [9.17, 15) is 0 Å². The van der Waals surface area contributed by atoms with Gasteiger partial charge in [0.05, 0.1) is 24.3 Å². The molecule has 1 aliphatic heterocycles. The van der Waals surface area contributed by atoms with Gasteiger partial charge in [0.2, 0.25) is 0 Å². The topological polar surface area (TPSA) is 59.0 Å². The normalized spacial score (nSPS) is 15.0. The summed E-state index contributed by atoms with van der Waals surface area (Å²) < 4.78 is 7.38. The van der Waals surface area contributed by atoms with Crippen molar-refractivity contribution in [3.8, 4) is 11.3 Å². The summed E-state index contributed by atoms with van der Waals surface area (Å²) in [6.07, 6.45) is 5.88. The number of benzene rings is 1. The highest BCUT2D eigenvalue weighted by atomic mass is 16.5. The molecule has 0 saturated carbocycles. The van der Waals surface area contributed by atoms with Gasteiger partial charge in [-0.15, -0.1) is 0 Å². The van der Waals surface area contributed by atoms with Crippen molar-refractivity contribution in [3.05, 3.63) is 59.8 Å². The van der Waals surface area contributed by atoms with Gasteiger partial charge in [0, 0.05) is 62.7 Å². The number of ether oxygens (including phenoxy) is 1. The zero-order valence-corrected chi connectivity index (χ0v) is 15.2. The van der Waals surface area contributed by atoms with Crippen LogP contribution in [0.25, 0.3) is 11.3 Å². The van der Waals surface area contributed by atoms with Gasteiger partial charge in [-0.3, -0.25) is 10.00 Å². The highest BCUT2D eigenvalue weighted by Gasteiger charge is 2.21. The first-order valence-corrected chi connectivity index (χ1v) is 9.17. The lowest BCUT2D eigenvalue weighted by molar-refractivity contribution is 0.184. The maximum absolute atomic E-state index is 5.19. The summed E-state index contributed by atoms with van der Waals surface area (Å²) in [7, 11) is 1.73. The number of fused-ring (bicyclic) bond motifs is 1. The number of hydrogen-bond donors (Lipinski definition) is 1. The SMILES string of the molecule is COCCn1cncc1CN1CCc2[nH]nc(-c3ccccc3)c2CC1. The fraction of sp³-hybridized carbons (Fsp3) is 0.400. The van der Waals surface area contributed by atoms with Crippen LogP contribution in [-0.4, -0.2) is 51.5 Å². The van der Waals surface area contributed by atoms with E-state index in [0.717, 1.165) is 44.7 Å².